The molecule has 0 aromatic heterocycles. The lowest BCUT2D eigenvalue weighted by molar-refractivity contribution is -0.140. The van der Waals surface area contributed by atoms with Gasteiger partial charge in [0.15, 0.2) is 0 Å². The van der Waals surface area contributed by atoms with Crippen LogP contribution in [0.3, 0.4) is 0 Å². The van der Waals surface area contributed by atoms with E-state index in [0.717, 1.165) is 5.56 Å². The second-order valence-electron chi connectivity index (χ2n) is 3.97. The molecule has 0 aliphatic carbocycles. The quantitative estimate of drug-likeness (QED) is 0.351. The molecule has 5 heteroatoms. The molecule has 1 amide bonds. The van der Waals surface area contributed by atoms with Crippen LogP contribution >= 0.6 is 0 Å². The molecule has 0 aliphatic heterocycles. The first-order chi connectivity index (χ1) is 9.11. The van der Waals surface area contributed by atoms with Gasteiger partial charge in [-0.15, -0.1) is 0 Å². The first kappa shape index (κ1) is 14.8. The predicted octanol–water partition coefficient (Wildman–Crippen LogP) is 1.35. The number of anilines is 1. The summed E-state index contributed by atoms with van der Waals surface area (Å²) in [5.74, 6) is -0.464. The molecule has 0 saturated carbocycles. The van der Waals surface area contributed by atoms with E-state index in [1.807, 2.05) is 12.1 Å². The molecule has 0 radical (unpaired) electrons. The molecule has 102 valence electrons. The van der Waals surface area contributed by atoms with E-state index in [-0.39, 0.29) is 11.9 Å². The van der Waals surface area contributed by atoms with Crippen molar-refractivity contribution < 1.29 is 14.3 Å². The lowest BCUT2D eigenvalue weighted by Crippen LogP contribution is -2.22. The molecule has 0 heterocycles. The number of methoxy groups -OCH3 is 1. The molecule has 0 aliphatic rings. The monoisotopic (exact) mass is 262 g/mol. The van der Waals surface area contributed by atoms with Gasteiger partial charge in [0.25, 0.3) is 0 Å². The SMILES string of the molecule is COC(=O)CCCNC(=O)/C=C/c1ccc(N)cc1. The largest absolute Gasteiger partial charge is 0.469 e. The number of hydrogen-bond donors (Lipinski definition) is 2. The fourth-order valence-corrected chi connectivity index (χ4v) is 1.38. The first-order valence-electron chi connectivity index (χ1n) is 6.00. The Morgan fingerprint density at radius 1 is 1.32 bits per heavy atom. The third-order valence-electron chi connectivity index (χ3n) is 2.45. The normalized spacial score (nSPS) is 10.4. The Morgan fingerprint density at radius 3 is 2.63 bits per heavy atom. The highest BCUT2D eigenvalue weighted by atomic mass is 16.5. The number of esters is 1. The highest BCUT2D eigenvalue weighted by Crippen LogP contribution is 2.06. The van der Waals surface area contributed by atoms with Gasteiger partial charge in [0.1, 0.15) is 0 Å². The van der Waals surface area contributed by atoms with Crippen LogP contribution in [-0.4, -0.2) is 25.5 Å². The summed E-state index contributed by atoms with van der Waals surface area (Å²) in [6, 6.07) is 7.20. The molecular weight excluding hydrogens is 244 g/mol. The fraction of sp³-hybridized carbons (Fsp3) is 0.286. The number of nitrogen functional groups attached to an aromatic ring is 1. The molecule has 19 heavy (non-hydrogen) atoms. The zero-order valence-electron chi connectivity index (χ0n) is 10.9. The van der Waals surface area contributed by atoms with Crippen molar-refractivity contribution in [3.8, 4) is 0 Å². The highest BCUT2D eigenvalue weighted by Gasteiger charge is 2.00. The third kappa shape index (κ3) is 6.26. The van der Waals surface area contributed by atoms with Gasteiger partial charge in [-0.2, -0.15) is 0 Å². The Kier molecular flexibility index (Phi) is 6.15. The van der Waals surface area contributed by atoms with Crippen LogP contribution in [-0.2, 0) is 14.3 Å². The van der Waals surface area contributed by atoms with Gasteiger partial charge >= 0.3 is 5.97 Å². The molecule has 1 aromatic carbocycles. The maximum absolute atomic E-state index is 11.5. The topological polar surface area (TPSA) is 81.4 Å². The van der Waals surface area contributed by atoms with Gasteiger partial charge < -0.3 is 15.8 Å². The van der Waals surface area contributed by atoms with E-state index in [1.54, 1.807) is 18.2 Å². The summed E-state index contributed by atoms with van der Waals surface area (Å²) in [6.07, 6.45) is 4.02. The van der Waals surface area contributed by atoms with Crippen LogP contribution in [0.1, 0.15) is 18.4 Å². The molecule has 1 aromatic rings. The zero-order chi connectivity index (χ0) is 14.1. The molecule has 0 spiro atoms. The van der Waals surface area contributed by atoms with Crippen molar-refractivity contribution in [2.24, 2.45) is 0 Å². The van der Waals surface area contributed by atoms with Crippen LogP contribution in [0.4, 0.5) is 5.69 Å². The minimum atomic E-state index is -0.272. The van der Waals surface area contributed by atoms with Gasteiger partial charge in [0.05, 0.1) is 7.11 Å². The number of nitrogens with one attached hydrogen (secondary N) is 1. The average Bonchev–Trinajstić information content (AvgIpc) is 2.42. The number of carbonyl (C=O) groups excluding carboxylic acids is 2. The second-order valence-corrected chi connectivity index (χ2v) is 3.97. The van der Waals surface area contributed by atoms with E-state index < -0.39 is 0 Å². The van der Waals surface area contributed by atoms with Crippen LogP contribution in [0.5, 0.6) is 0 Å². The van der Waals surface area contributed by atoms with E-state index in [9.17, 15) is 9.59 Å². The number of hydrogen-bond acceptors (Lipinski definition) is 4. The Hall–Kier alpha value is -2.30. The van der Waals surface area contributed by atoms with Crippen LogP contribution in [0.2, 0.25) is 0 Å². The predicted molar refractivity (Wildman–Crippen MR) is 74.1 cm³/mol. The van der Waals surface area contributed by atoms with E-state index in [2.05, 4.69) is 10.1 Å². The maximum Gasteiger partial charge on any atom is 0.305 e. The molecule has 0 saturated heterocycles. The highest BCUT2D eigenvalue weighted by molar-refractivity contribution is 5.91. The molecule has 0 atom stereocenters. The molecule has 0 bridgehead atoms. The van der Waals surface area contributed by atoms with Gasteiger partial charge in [-0.3, -0.25) is 9.59 Å². The summed E-state index contributed by atoms with van der Waals surface area (Å²) in [7, 11) is 1.34. The Morgan fingerprint density at radius 2 is 2.00 bits per heavy atom. The van der Waals surface area contributed by atoms with Gasteiger partial charge in [-0.05, 0) is 30.2 Å². The van der Waals surface area contributed by atoms with Crippen molar-refractivity contribution in [2.45, 2.75) is 12.8 Å². The molecule has 3 N–H and O–H groups in total. The molecule has 1 rings (SSSR count). The van der Waals surface area contributed by atoms with Crippen molar-refractivity contribution in [1.29, 1.82) is 0 Å². The van der Waals surface area contributed by atoms with Crippen molar-refractivity contribution >= 4 is 23.6 Å². The van der Waals surface area contributed by atoms with E-state index in [0.29, 0.717) is 25.1 Å². The maximum atomic E-state index is 11.5. The molecule has 0 unspecified atom stereocenters. The smallest absolute Gasteiger partial charge is 0.305 e. The minimum Gasteiger partial charge on any atom is -0.469 e. The third-order valence-corrected chi connectivity index (χ3v) is 2.45. The number of carbonyl (C=O) groups is 2. The van der Waals surface area contributed by atoms with Crippen LogP contribution in [0.25, 0.3) is 6.08 Å². The lowest BCUT2D eigenvalue weighted by Gasteiger charge is -2.01. The summed E-state index contributed by atoms with van der Waals surface area (Å²) in [5.41, 5.74) is 7.14. The second kappa shape index (κ2) is 7.92. The summed E-state index contributed by atoms with van der Waals surface area (Å²) in [5, 5.41) is 2.69. The lowest BCUT2D eigenvalue weighted by atomic mass is 10.2. The van der Waals surface area contributed by atoms with Crippen molar-refractivity contribution in [1.82, 2.24) is 5.32 Å². The van der Waals surface area contributed by atoms with Crippen molar-refractivity contribution in [3.63, 3.8) is 0 Å². The zero-order valence-corrected chi connectivity index (χ0v) is 10.9. The Bertz CT molecular complexity index is 452. The van der Waals surface area contributed by atoms with E-state index in [1.165, 1.54) is 13.2 Å². The first-order valence-corrected chi connectivity index (χ1v) is 6.00. The number of ether oxygens (including phenoxy) is 1. The summed E-state index contributed by atoms with van der Waals surface area (Å²) in [4.78, 5) is 22.3. The number of rotatable bonds is 6. The van der Waals surface area contributed by atoms with Crippen LogP contribution in [0.15, 0.2) is 30.3 Å². The summed E-state index contributed by atoms with van der Waals surface area (Å²) < 4.78 is 4.50. The Balaban J connectivity index is 2.27. The van der Waals surface area contributed by atoms with E-state index in [4.69, 9.17) is 5.73 Å². The molecular formula is C14H18N2O3. The summed E-state index contributed by atoms with van der Waals surface area (Å²) in [6.45, 7) is 0.444. The number of amides is 1. The molecule has 5 nitrogen and oxygen atoms in total. The summed E-state index contributed by atoms with van der Waals surface area (Å²) >= 11 is 0. The molecule has 0 fully saturated rings. The van der Waals surface area contributed by atoms with Gasteiger partial charge in [0, 0.05) is 24.7 Å². The van der Waals surface area contributed by atoms with E-state index >= 15 is 0 Å². The van der Waals surface area contributed by atoms with Crippen molar-refractivity contribution in [3.05, 3.63) is 35.9 Å². The van der Waals surface area contributed by atoms with Gasteiger partial charge in [-0.25, -0.2) is 0 Å². The Labute approximate surface area is 112 Å². The minimum absolute atomic E-state index is 0.193. The standard InChI is InChI=1S/C14H18N2O3/c1-19-14(18)3-2-10-16-13(17)9-6-11-4-7-12(15)8-5-11/h4-9H,2-3,10,15H2,1H3,(H,16,17)/b9-6+. The average molecular weight is 262 g/mol. The van der Waals surface area contributed by atoms with Gasteiger partial charge in [0.2, 0.25) is 5.91 Å². The van der Waals surface area contributed by atoms with Crippen molar-refractivity contribution in [2.75, 3.05) is 19.4 Å². The number of benzene rings is 1. The number of nitrogens with two attached hydrogens (primary N) is 1. The van der Waals surface area contributed by atoms with Gasteiger partial charge in [-0.1, -0.05) is 12.1 Å². The van der Waals surface area contributed by atoms with Crippen LogP contribution in [0, 0.1) is 0 Å². The van der Waals surface area contributed by atoms with Crippen LogP contribution < -0.4 is 11.1 Å². The fourth-order valence-electron chi connectivity index (χ4n) is 1.38.